The van der Waals surface area contributed by atoms with Crippen LogP contribution in [-0.2, 0) is 22.6 Å². The van der Waals surface area contributed by atoms with Crippen LogP contribution >= 0.6 is 0 Å². The van der Waals surface area contributed by atoms with Gasteiger partial charge in [-0.05, 0) is 38.8 Å². The highest BCUT2D eigenvalue weighted by Gasteiger charge is 2.15. The maximum atomic E-state index is 11.6. The molecule has 7 nitrogen and oxygen atoms in total. The van der Waals surface area contributed by atoms with Gasteiger partial charge in [0.15, 0.2) is 5.96 Å². The molecule has 0 spiro atoms. The number of amides is 1. The molecule has 0 heterocycles. The van der Waals surface area contributed by atoms with E-state index in [2.05, 4.69) is 20.9 Å². The van der Waals surface area contributed by atoms with Gasteiger partial charge < -0.3 is 25.4 Å². The Balaban J connectivity index is 2.50. The lowest BCUT2D eigenvalue weighted by atomic mass is 10.1. The Morgan fingerprint density at radius 2 is 1.73 bits per heavy atom. The van der Waals surface area contributed by atoms with Gasteiger partial charge in [0.05, 0.1) is 13.2 Å². The first-order valence-electron chi connectivity index (χ1n) is 8.90. The number of carbonyl (C=O) groups excluding carboxylic acids is 1. The average Bonchev–Trinajstić information content (AvgIpc) is 2.56. The summed E-state index contributed by atoms with van der Waals surface area (Å²) >= 11 is 0. The molecule has 1 aromatic carbocycles. The van der Waals surface area contributed by atoms with E-state index < -0.39 is 11.7 Å². The quantitative estimate of drug-likeness (QED) is 0.375. The summed E-state index contributed by atoms with van der Waals surface area (Å²) in [6, 6.07) is 8.08. The molecule has 0 aliphatic heterocycles. The van der Waals surface area contributed by atoms with Crippen molar-refractivity contribution in [3.8, 4) is 0 Å². The van der Waals surface area contributed by atoms with E-state index >= 15 is 0 Å². The third kappa shape index (κ3) is 9.27. The number of hydrogen-bond donors (Lipinski definition) is 3. The van der Waals surface area contributed by atoms with Crippen LogP contribution in [0.2, 0.25) is 0 Å². The fourth-order valence-corrected chi connectivity index (χ4v) is 2.17. The maximum Gasteiger partial charge on any atom is 0.407 e. The number of nitrogens with one attached hydrogen (secondary N) is 3. The molecule has 0 fully saturated rings. The average molecular weight is 364 g/mol. The molecule has 0 unspecified atom stereocenters. The number of ether oxygens (including phenoxy) is 2. The molecule has 1 aromatic rings. The summed E-state index contributed by atoms with van der Waals surface area (Å²) in [5.41, 5.74) is 1.75. The van der Waals surface area contributed by atoms with Crippen LogP contribution in [-0.4, -0.2) is 44.4 Å². The maximum absolute atomic E-state index is 11.6. The Morgan fingerprint density at radius 1 is 1.08 bits per heavy atom. The molecule has 0 bridgehead atoms. The number of carbonyl (C=O) groups is 1. The smallest absolute Gasteiger partial charge is 0.407 e. The van der Waals surface area contributed by atoms with Gasteiger partial charge in [-0.3, -0.25) is 0 Å². The summed E-state index contributed by atoms with van der Waals surface area (Å²) in [5, 5.41) is 9.11. The molecule has 7 heteroatoms. The summed E-state index contributed by atoms with van der Waals surface area (Å²) in [6.45, 7) is 10.4. The second-order valence-electron chi connectivity index (χ2n) is 6.75. The minimum atomic E-state index is -0.497. The van der Waals surface area contributed by atoms with Gasteiger partial charge in [-0.15, -0.1) is 0 Å². The molecular formula is C19H32N4O3. The van der Waals surface area contributed by atoms with Crippen molar-refractivity contribution in [1.82, 2.24) is 16.0 Å². The van der Waals surface area contributed by atoms with Crippen molar-refractivity contribution in [2.45, 2.75) is 46.4 Å². The number of nitrogens with zero attached hydrogens (tertiary/aromatic N) is 1. The minimum absolute atomic E-state index is 0.422. The van der Waals surface area contributed by atoms with Gasteiger partial charge in [-0.2, -0.15) is 0 Å². The number of benzene rings is 1. The molecule has 1 amide bonds. The Kier molecular flexibility index (Phi) is 9.51. The van der Waals surface area contributed by atoms with Crippen LogP contribution in [0, 0.1) is 0 Å². The molecule has 0 saturated carbocycles. The molecule has 146 valence electrons. The van der Waals surface area contributed by atoms with Crippen LogP contribution in [0.1, 0.15) is 38.8 Å². The highest BCUT2D eigenvalue weighted by atomic mass is 16.6. The molecule has 1 rings (SSSR count). The first-order chi connectivity index (χ1) is 12.4. The number of rotatable bonds is 8. The fourth-order valence-electron chi connectivity index (χ4n) is 2.17. The van der Waals surface area contributed by atoms with E-state index in [0.29, 0.717) is 32.2 Å². The summed E-state index contributed by atoms with van der Waals surface area (Å²) in [5.74, 6) is 0.700. The van der Waals surface area contributed by atoms with E-state index in [1.807, 2.05) is 52.0 Å². The summed E-state index contributed by atoms with van der Waals surface area (Å²) in [6.07, 6.45) is -0.422. The third-order valence-electron chi connectivity index (χ3n) is 3.26. The molecule has 0 radical (unpaired) electrons. The van der Waals surface area contributed by atoms with Crippen molar-refractivity contribution < 1.29 is 14.3 Å². The lowest BCUT2D eigenvalue weighted by Gasteiger charge is -2.20. The van der Waals surface area contributed by atoms with E-state index in [1.165, 1.54) is 0 Å². The number of hydrogen-bond acceptors (Lipinski definition) is 4. The Morgan fingerprint density at radius 3 is 2.35 bits per heavy atom. The molecule has 26 heavy (non-hydrogen) atoms. The zero-order valence-electron chi connectivity index (χ0n) is 16.5. The van der Waals surface area contributed by atoms with Crippen LogP contribution in [0.3, 0.4) is 0 Å². The van der Waals surface area contributed by atoms with Crippen LogP contribution in [0.15, 0.2) is 29.3 Å². The number of methoxy groups -OCH3 is 1. The van der Waals surface area contributed by atoms with Gasteiger partial charge >= 0.3 is 6.09 Å². The van der Waals surface area contributed by atoms with E-state index in [0.717, 1.165) is 17.7 Å². The summed E-state index contributed by atoms with van der Waals surface area (Å²) in [7, 11) is 1.68. The standard InChI is InChI=1S/C19H32N4O3/c1-6-20-17(21-11-12-22-18(24)26-19(2,3)4)23-13-15-9-7-8-10-16(15)14-25-5/h7-10H,6,11-14H2,1-5H3,(H,22,24)(H2,20,21,23). The first kappa shape index (κ1) is 21.8. The lowest BCUT2D eigenvalue weighted by Crippen LogP contribution is -2.42. The predicted molar refractivity (Wildman–Crippen MR) is 104 cm³/mol. The Bertz CT molecular complexity index is 582. The lowest BCUT2D eigenvalue weighted by molar-refractivity contribution is 0.0529. The van der Waals surface area contributed by atoms with Gasteiger partial charge in [0.2, 0.25) is 0 Å². The second-order valence-corrected chi connectivity index (χ2v) is 6.75. The monoisotopic (exact) mass is 364 g/mol. The number of alkyl carbamates (subject to hydrolysis) is 1. The van der Waals surface area contributed by atoms with E-state index in [1.54, 1.807) is 7.11 Å². The predicted octanol–water partition coefficient (Wildman–Crippen LogP) is 2.41. The van der Waals surface area contributed by atoms with Crippen molar-refractivity contribution in [2.24, 2.45) is 4.99 Å². The largest absolute Gasteiger partial charge is 0.444 e. The van der Waals surface area contributed by atoms with Gasteiger partial charge in [0.1, 0.15) is 5.60 Å². The molecule has 0 saturated heterocycles. The normalized spacial score (nSPS) is 11.8. The fraction of sp³-hybridized carbons (Fsp3) is 0.579. The zero-order chi connectivity index (χ0) is 19.4. The molecule has 0 aromatic heterocycles. The summed E-state index contributed by atoms with van der Waals surface area (Å²) < 4.78 is 10.4. The number of aliphatic imine (C=N–C) groups is 1. The van der Waals surface area contributed by atoms with Crippen molar-refractivity contribution in [1.29, 1.82) is 0 Å². The van der Waals surface area contributed by atoms with Crippen molar-refractivity contribution in [2.75, 3.05) is 26.7 Å². The van der Waals surface area contributed by atoms with E-state index in [9.17, 15) is 4.79 Å². The van der Waals surface area contributed by atoms with Gasteiger partial charge in [0.25, 0.3) is 0 Å². The van der Waals surface area contributed by atoms with E-state index in [4.69, 9.17) is 9.47 Å². The minimum Gasteiger partial charge on any atom is -0.444 e. The van der Waals surface area contributed by atoms with Crippen molar-refractivity contribution >= 4 is 12.1 Å². The van der Waals surface area contributed by atoms with Gasteiger partial charge in [0, 0.05) is 26.7 Å². The molecular weight excluding hydrogens is 332 g/mol. The SMILES string of the molecule is CCNC(=NCc1ccccc1COC)NCCNC(=O)OC(C)(C)C. The molecule has 0 aliphatic carbocycles. The van der Waals surface area contributed by atoms with Gasteiger partial charge in [-0.1, -0.05) is 24.3 Å². The zero-order valence-corrected chi connectivity index (χ0v) is 16.5. The Labute approximate surface area is 156 Å². The van der Waals surface area contributed by atoms with Crippen molar-refractivity contribution in [3.63, 3.8) is 0 Å². The van der Waals surface area contributed by atoms with Crippen LogP contribution in [0.5, 0.6) is 0 Å². The second kappa shape index (κ2) is 11.4. The molecule has 0 aliphatic rings. The first-order valence-corrected chi connectivity index (χ1v) is 8.90. The van der Waals surface area contributed by atoms with Gasteiger partial charge in [-0.25, -0.2) is 9.79 Å². The third-order valence-corrected chi connectivity index (χ3v) is 3.26. The highest BCUT2D eigenvalue weighted by molar-refractivity contribution is 5.79. The van der Waals surface area contributed by atoms with Crippen LogP contribution < -0.4 is 16.0 Å². The van der Waals surface area contributed by atoms with Crippen LogP contribution in [0.4, 0.5) is 4.79 Å². The van der Waals surface area contributed by atoms with Crippen LogP contribution in [0.25, 0.3) is 0 Å². The molecule has 0 atom stereocenters. The molecule has 3 N–H and O–H groups in total. The highest BCUT2D eigenvalue weighted by Crippen LogP contribution is 2.11. The van der Waals surface area contributed by atoms with E-state index in [-0.39, 0.29) is 0 Å². The summed E-state index contributed by atoms with van der Waals surface area (Å²) in [4.78, 5) is 16.2. The topological polar surface area (TPSA) is 84.0 Å². The van der Waals surface area contributed by atoms with Crippen molar-refractivity contribution in [3.05, 3.63) is 35.4 Å². The number of guanidine groups is 1. The Hall–Kier alpha value is -2.28.